The number of hydrogen-bond acceptors (Lipinski definition) is 4. The fraction of sp³-hybridized carbons (Fsp3) is 0.643. The van der Waals surface area contributed by atoms with Gasteiger partial charge in [-0.05, 0) is 18.9 Å². The molecule has 1 aromatic rings. The van der Waals surface area contributed by atoms with E-state index in [1.165, 1.54) is 4.88 Å². The van der Waals surface area contributed by atoms with Gasteiger partial charge in [0.2, 0.25) is 0 Å². The standard InChI is InChI=1S/C14H21NO3S/c1-3-4-11-7-10(9-19-11)14(16)15-12-8-18-6-5-13(12)17-2/h7,9,12-13H,3-6,8H2,1-2H3,(H,15,16)/t12-,13-/m1/s1. The molecule has 0 aliphatic carbocycles. The molecule has 1 amide bonds. The Hall–Kier alpha value is -0.910. The summed E-state index contributed by atoms with van der Waals surface area (Å²) in [4.78, 5) is 13.4. The zero-order valence-electron chi connectivity index (χ0n) is 11.5. The van der Waals surface area contributed by atoms with Gasteiger partial charge in [0, 0.05) is 24.0 Å². The molecule has 1 aliphatic rings. The van der Waals surface area contributed by atoms with Gasteiger partial charge in [0.05, 0.1) is 24.3 Å². The molecule has 2 heterocycles. The smallest absolute Gasteiger partial charge is 0.252 e. The molecule has 0 aromatic carbocycles. The molecule has 4 nitrogen and oxygen atoms in total. The average molecular weight is 283 g/mol. The van der Waals surface area contributed by atoms with E-state index in [1.54, 1.807) is 18.4 Å². The number of thiophene rings is 1. The van der Waals surface area contributed by atoms with E-state index in [0.29, 0.717) is 13.2 Å². The second kappa shape index (κ2) is 7.03. The van der Waals surface area contributed by atoms with Crippen LogP contribution in [0.5, 0.6) is 0 Å². The molecule has 2 atom stereocenters. The Balaban J connectivity index is 1.95. The number of carbonyl (C=O) groups excluding carboxylic acids is 1. The van der Waals surface area contributed by atoms with Crippen molar-refractivity contribution >= 4 is 17.2 Å². The minimum Gasteiger partial charge on any atom is -0.379 e. The van der Waals surface area contributed by atoms with Crippen molar-refractivity contribution in [1.29, 1.82) is 0 Å². The van der Waals surface area contributed by atoms with E-state index in [2.05, 4.69) is 12.2 Å². The van der Waals surface area contributed by atoms with Crippen molar-refractivity contribution in [2.45, 2.75) is 38.3 Å². The van der Waals surface area contributed by atoms with Gasteiger partial charge in [-0.2, -0.15) is 0 Å². The summed E-state index contributed by atoms with van der Waals surface area (Å²) >= 11 is 1.65. The van der Waals surface area contributed by atoms with Gasteiger partial charge in [-0.25, -0.2) is 0 Å². The Morgan fingerprint density at radius 1 is 1.63 bits per heavy atom. The van der Waals surface area contributed by atoms with Crippen molar-refractivity contribution in [3.05, 3.63) is 21.9 Å². The molecule has 0 saturated carbocycles. The lowest BCUT2D eigenvalue weighted by Gasteiger charge is -2.30. The van der Waals surface area contributed by atoms with Gasteiger partial charge in [0.25, 0.3) is 5.91 Å². The summed E-state index contributed by atoms with van der Waals surface area (Å²) in [7, 11) is 1.68. The first-order valence-electron chi connectivity index (χ1n) is 6.73. The fourth-order valence-electron chi connectivity index (χ4n) is 2.26. The number of rotatable bonds is 5. The van der Waals surface area contributed by atoms with Gasteiger partial charge in [-0.15, -0.1) is 11.3 Å². The lowest BCUT2D eigenvalue weighted by molar-refractivity contribution is -0.0349. The third-order valence-electron chi connectivity index (χ3n) is 3.32. The Morgan fingerprint density at radius 2 is 2.47 bits per heavy atom. The summed E-state index contributed by atoms with van der Waals surface area (Å²) in [6.45, 7) is 3.36. The Bertz CT molecular complexity index is 419. The van der Waals surface area contributed by atoms with Gasteiger partial charge in [-0.1, -0.05) is 13.3 Å². The molecule has 5 heteroatoms. The van der Waals surface area contributed by atoms with Crippen LogP contribution in [0.15, 0.2) is 11.4 Å². The molecular formula is C14H21NO3S. The highest BCUT2D eigenvalue weighted by Gasteiger charge is 2.27. The van der Waals surface area contributed by atoms with E-state index in [-0.39, 0.29) is 18.1 Å². The predicted octanol–water partition coefficient (Wildman–Crippen LogP) is 2.23. The SMILES string of the molecule is CCCc1cc(C(=O)N[C@@H]2COCC[C@H]2OC)cs1. The third-order valence-corrected chi connectivity index (χ3v) is 4.32. The lowest BCUT2D eigenvalue weighted by atomic mass is 10.1. The Labute approximate surface area is 118 Å². The van der Waals surface area contributed by atoms with E-state index in [9.17, 15) is 4.79 Å². The van der Waals surface area contributed by atoms with Crippen LogP contribution in [0.2, 0.25) is 0 Å². The predicted molar refractivity (Wildman–Crippen MR) is 75.8 cm³/mol. The van der Waals surface area contributed by atoms with Crippen molar-refractivity contribution in [1.82, 2.24) is 5.32 Å². The molecule has 1 aromatic heterocycles. The van der Waals surface area contributed by atoms with E-state index >= 15 is 0 Å². The number of aryl methyl sites for hydroxylation is 1. The largest absolute Gasteiger partial charge is 0.379 e. The van der Waals surface area contributed by atoms with E-state index in [1.807, 2.05) is 11.4 Å². The van der Waals surface area contributed by atoms with Crippen LogP contribution in [0, 0.1) is 0 Å². The number of hydrogen-bond donors (Lipinski definition) is 1. The van der Waals surface area contributed by atoms with Gasteiger partial charge < -0.3 is 14.8 Å². The minimum atomic E-state index is -0.0548. The molecule has 1 N–H and O–H groups in total. The Morgan fingerprint density at radius 3 is 3.21 bits per heavy atom. The summed E-state index contributed by atoms with van der Waals surface area (Å²) in [5, 5.41) is 4.93. The molecule has 19 heavy (non-hydrogen) atoms. The zero-order valence-corrected chi connectivity index (χ0v) is 12.3. The van der Waals surface area contributed by atoms with Gasteiger partial charge in [0.15, 0.2) is 0 Å². The highest BCUT2D eigenvalue weighted by Crippen LogP contribution is 2.17. The molecule has 0 radical (unpaired) electrons. The minimum absolute atomic E-state index is 0.0313. The van der Waals surface area contributed by atoms with Crippen LogP contribution in [0.3, 0.4) is 0 Å². The first-order valence-corrected chi connectivity index (χ1v) is 7.61. The molecular weight excluding hydrogens is 262 g/mol. The maximum absolute atomic E-state index is 12.2. The molecule has 0 bridgehead atoms. The van der Waals surface area contributed by atoms with Crippen molar-refractivity contribution in [2.24, 2.45) is 0 Å². The van der Waals surface area contributed by atoms with Crippen LogP contribution in [-0.2, 0) is 15.9 Å². The van der Waals surface area contributed by atoms with Crippen LogP contribution in [-0.4, -0.2) is 38.4 Å². The van der Waals surface area contributed by atoms with Gasteiger partial charge in [-0.3, -0.25) is 4.79 Å². The van der Waals surface area contributed by atoms with Crippen LogP contribution >= 0.6 is 11.3 Å². The summed E-state index contributed by atoms with van der Waals surface area (Å²) in [6, 6.07) is 1.93. The van der Waals surface area contributed by atoms with Crippen molar-refractivity contribution in [3.63, 3.8) is 0 Å². The first-order chi connectivity index (χ1) is 9.24. The molecule has 0 spiro atoms. The van der Waals surface area contributed by atoms with Crippen molar-refractivity contribution < 1.29 is 14.3 Å². The number of ether oxygens (including phenoxy) is 2. The molecule has 2 rings (SSSR count). The lowest BCUT2D eigenvalue weighted by Crippen LogP contribution is -2.50. The third kappa shape index (κ3) is 3.78. The molecule has 0 unspecified atom stereocenters. The molecule has 1 saturated heterocycles. The highest BCUT2D eigenvalue weighted by atomic mass is 32.1. The number of carbonyl (C=O) groups is 1. The van der Waals surface area contributed by atoms with Gasteiger partial charge >= 0.3 is 0 Å². The molecule has 1 fully saturated rings. The number of methoxy groups -OCH3 is 1. The zero-order chi connectivity index (χ0) is 13.7. The highest BCUT2D eigenvalue weighted by molar-refractivity contribution is 7.10. The fourth-order valence-corrected chi connectivity index (χ4v) is 3.23. The normalized spacial score (nSPS) is 23.3. The van der Waals surface area contributed by atoms with Crippen LogP contribution in [0.1, 0.15) is 35.0 Å². The van der Waals surface area contributed by atoms with Crippen LogP contribution < -0.4 is 5.32 Å². The topological polar surface area (TPSA) is 47.6 Å². The van der Waals surface area contributed by atoms with Crippen LogP contribution in [0.4, 0.5) is 0 Å². The number of amides is 1. The van der Waals surface area contributed by atoms with E-state index in [0.717, 1.165) is 24.8 Å². The summed E-state index contributed by atoms with van der Waals surface area (Å²) < 4.78 is 10.8. The maximum Gasteiger partial charge on any atom is 0.252 e. The summed E-state index contributed by atoms with van der Waals surface area (Å²) in [5.74, 6) is -0.0313. The maximum atomic E-state index is 12.2. The molecule has 1 aliphatic heterocycles. The summed E-state index contributed by atoms with van der Waals surface area (Å²) in [5.41, 5.74) is 0.744. The summed E-state index contributed by atoms with van der Waals surface area (Å²) in [6.07, 6.45) is 3.01. The van der Waals surface area contributed by atoms with Gasteiger partial charge in [0.1, 0.15) is 0 Å². The van der Waals surface area contributed by atoms with Crippen molar-refractivity contribution in [2.75, 3.05) is 20.3 Å². The van der Waals surface area contributed by atoms with Crippen molar-refractivity contribution in [3.8, 4) is 0 Å². The first kappa shape index (κ1) is 14.5. The quantitative estimate of drug-likeness (QED) is 0.901. The Kier molecular flexibility index (Phi) is 5.36. The van der Waals surface area contributed by atoms with E-state index < -0.39 is 0 Å². The monoisotopic (exact) mass is 283 g/mol. The second-order valence-corrected chi connectivity index (χ2v) is 5.77. The van der Waals surface area contributed by atoms with Crippen LogP contribution in [0.25, 0.3) is 0 Å². The molecule has 106 valence electrons. The van der Waals surface area contributed by atoms with E-state index in [4.69, 9.17) is 9.47 Å². The average Bonchev–Trinajstić information content (AvgIpc) is 2.88. The number of nitrogens with one attached hydrogen (secondary N) is 1. The second-order valence-electron chi connectivity index (χ2n) is 4.77.